The second kappa shape index (κ2) is 7.11. The topological polar surface area (TPSA) is 106 Å². The number of pyridine rings is 1. The van der Waals surface area contributed by atoms with Crippen molar-refractivity contribution >= 4 is 23.2 Å². The molecule has 0 aliphatic carbocycles. The number of amides is 1. The van der Waals surface area contributed by atoms with Crippen LogP contribution >= 0.6 is 0 Å². The van der Waals surface area contributed by atoms with Crippen molar-refractivity contribution in [1.82, 2.24) is 14.8 Å². The first kappa shape index (κ1) is 17.8. The number of rotatable bonds is 4. The summed E-state index contributed by atoms with van der Waals surface area (Å²) in [4.78, 5) is 29.8. The highest BCUT2D eigenvalue weighted by Crippen LogP contribution is 2.33. The summed E-state index contributed by atoms with van der Waals surface area (Å²) < 4.78 is 1.52. The summed E-state index contributed by atoms with van der Waals surface area (Å²) in [6.07, 6.45) is 1.51. The lowest BCUT2D eigenvalue weighted by molar-refractivity contribution is -0.384. The maximum Gasteiger partial charge on any atom is 0.333 e. The Morgan fingerprint density at radius 2 is 2.15 bits per heavy atom. The Morgan fingerprint density at radius 3 is 2.85 bits per heavy atom. The first-order chi connectivity index (χ1) is 12.4. The monoisotopic (exact) mass is 358 g/mol. The van der Waals surface area contributed by atoms with Gasteiger partial charge in [0, 0.05) is 25.8 Å². The van der Waals surface area contributed by atoms with Crippen LogP contribution < -0.4 is 10.2 Å². The van der Waals surface area contributed by atoms with Crippen molar-refractivity contribution in [3.05, 3.63) is 39.7 Å². The SMILES string of the molecule is Cc1cccc(NC(=O)[C@H]2CCCN(c3c([N+](=O)[O-])c(C)nn3C)C2)n1. The summed E-state index contributed by atoms with van der Waals surface area (Å²) in [5, 5.41) is 18.5. The van der Waals surface area contributed by atoms with E-state index in [1.54, 1.807) is 20.0 Å². The third-order valence-electron chi connectivity index (χ3n) is 4.57. The zero-order chi connectivity index (χ0) is 18.8. The summed E-state index contributed by atoms with van der Waals surface area (Å²) in [5.41, 5.74) is 1.21. The van der Waals surface area contributed by atoms with E-state index in [1.165, 1.54) is 4.68 Å². The Morgan fingerprint density at radius 1 is 1.38 bits per heavy atom. The predicted octanol–water partition coefficient (Wildman–Crippen LogP) is 2.20. The average molecular weight is 358 g/mol. The maximum absolute atomic E-state index is 12.6. The zero-order valence-corrected chi connectivity index (χ0v) is 15.1. The van der Waals surface area contributed by atoms with E-state index in [1.807, 2.05) is 24.0 Å². The molecule has 0 radical (unpaired) electrons. The van der Waals surface area contributed by atoms with Crippen LogP contribution in [0.1, 0.15) is 24.2 Å². The molecule has 1 aliphatic rings. The molecule has 0 bridgehead atoms. The number of nitrogens with one attached hydrogen (secondary N) is 1. The summed E-state index contributed by atoms with van der Waals surface area (Å²) in [6.45, 7) is 4.56. The van der Waals surface area contributed by atoms with Crippen molar-refractivity contribution in [2.24, 2.45) is 13.0 Å². The van der Waals surface area contributed by atoms with Gasteiger partial charge in [-0.15, -0.1) is 0 Å². The van der Waals surface area contributed by atoms with Crippen LogP contribution in [0.15, 0.2) is 18.2 Å². The predicted molar refractivity (Wildman–Crippen MR) is 97.1 cm³/mol. The lowest BCUT2D eigenvalue weighted by Gasteiger charge is -2.32. The fourth-order valence-corrected chi connectivity index (χ4v) is 3.43. The van der Waals surface area contributed by atoms with Gasteiger partial charge in [0.15, 0.2) is 0 Å². The standard InChI is InChI=1S/C17H22N6O3/c1-11-6-4-8-14(18-11)19-16(24)13-7-5-9-22(10-13)17-15(23(25)26)12(2)20-21(17)3/h4,6,8,13H,5,7,9-10H2,1-3H3,(H,18,19,24)/t13-/m0/s1. The molecule has 1 aliphatic heterocycles. The number of aromatic nitrogens is 3. The molecule has 3 rings (SSSR count). The molecule has 0 spiro atoms. The number of hydrogen-bond donors (Lipinski definition) is 1. The molecule has 1 saturated heterocycles. The maximum atomic E-state index is 12.6. The number of nitro groups is 1. The molecule has 1 N–H and O–H groups in total. The summed E-state index contributed by atoms with van der Waals surface area (Å²) >= 11 is 0. The number of hydrogen-bond acceptors (Lipinski definition) is 6. The van der Waals surface area contributed by atoms with E-state index in [9.17, 15) is 14.9 Å². The normalized spacial score (nSPS) is 17.2. The van der Waals surface area contributed by atoms with Crippen molar-refractivity contribution in [2.45, 2.75) is 26.7 Å². The molecule has 1 fully saturated rings. The Labute approximate surface area is 151 Å². The smallest absolute Gasteiger partial charge is 0.333 e. The number of carbonyl (C=O) groups is 1. The highest BCUT2D eigenvalue weighted by molar-refractivity contribution is 5.92. The third kappa shape index (κ3) is 3.51. The Kier molecular flexibility index (Phi) is 4.88. The average Bonchev–Trinajstić information content (AvgIpc) is 2.89. The van der Waals surface area contributed by atoms with Gasteiger partial charge < -0.3 is 10.2 Å². The van der Waals surface area contributed by atoms with Crippen molar-refractivity contribution in [2.75, 3.05) is 23.3 Å². The zero-order valence-electron chi connectivity index (χ0n) is 15.1. The lowest BCUT2D eigenvalue weighted by atomic mass is 9.97. The molecule has 9 heteroatoms. The Hall–Kier alpha value is -2.97. The van der Waals surface area contributed by atoms with Gasteiger partial charge >= 0.3 is 5.69 Å². The van der Waals surface area contributed by atoms with E-state index < -0.39 is 4.92 Å². The number of anilines is 2. The van der Waals surface area contributed by atoms with Crippen molar-refractivity contribution in [1.29, 1.82) is 0 Å². The van der Waals surface area contributed by atoms with Crippen molar-refractivity contribution in [3.63, 3.8) is 0 Å². The van der Waals surface area contributed by atoms with Gasteiger partial charge in [0.25, 0.3) is 0 Å². The first-order valence-electron chi connectivity index (χ1n) is 8.54. The van der Waals surface area contributed by atoms with Crippen LogP contribution in [0.5, 0.6) is 0 Å². The van der Waals surface area contributed by atoms with Gasteiger partial charge in [-0.3, -0.25) is 14.9 Å². The minimum atomic E-state index is -0.405. The molecular formula is C17H22N6O3. The van der Waals surface area contributed by atoms with Crippen LogP contribution in [0.25, 0.3) is 0 Å². The minimum absolute atomic E-state index is 0.00825. The molecule has 1 atom stereocenters. The minimum Gasteiger partial charge on any atom is -0.350 e. The van der Waals surface area contributed by atoms with Gasteiger partial charge in [-0.1, -0.05) is 6.07 Å². The molecule has 2 aromatic heterocycles. The Bertz CT molecular complexity index is 847. The highest BCUT2D eigenvalue weighted by atomic mass is 16.6. The van der Waals surface area contributed by atoms with Gasteiger partial charge in [-0.25, -0.2) is 9.67 Å². The largest absolute Gasteiger partial charge is 0.350 e. The summed E-state index contributed by atoms with van der Waals surface area (Å²) in [7, 11) is 1.69. The van der Waals surface area contributed by atoms with Crippen molar-refractivity contribution < 1.29 is 9.72 Å². The molecule has 0 saturated carbocycles. The number of nitrogens with zero attached hydrogens (tertiary/aromatic N) is 5. The molecule has 26 heavy (non-hydrogen) atoms. The second-order valence-electron chi connectivity index (χ2n) is 6.58. The highest BCUT2D eigenvalue weighted by Gasteiger charge is 2.33. The van der Waals surface area contributed by atoms with E-state index in [4.69, 9.17) is 0 Å². The van der Waals surface area contributed by atoms with Crippen LogP contribution in [0.2, 0.25) is 0 Å². The van der Waals surface area contributed by atoms with Crippen LogP contribution in [0.3, 0.4) is 0 Å². The molecule has 138 valence electrons. The molecule has 2 aromatic rings. The van der Waals surface area contributed by atoms with Gasteiger partial charge in [0.2, 0.25) is 11.7 Å². The lowest BCUT2D eigenvalue weighted by Crippen LogP contribution is -2.41. The van der Waals surface area contributed by atoms with Gasteiger partial charge in [-0.2, -0.15) is 5.10 Å². The first-order valence-corrected chi connectivity index (χ1v) is 8.54. The quantitative estimate of drug-likeness (QED) is 0.663. The van der Waals surface area contributed by atoms with E-state index in [0.717, 1.165) is 18.5 Å². The van der Waals surface area contributed by atoms with E-state index >= 15 is 0 Å². The van der Waals surface area contributed by atoms with Gasteiger partial charge in [0.05, 0.1) is 10.8 Å². The van der Waals surface area contributed by atoms with Gasteiger partial charge in [-0.05, 0) is 38.8 Å². The van der Waals surface area contributed by atoms with Crippen LogP contribution in [-0.2, 0) is 11.8 Å². The number of aryl methyl sites for hydroxylation is 3. The summed E-state index contributed by atoms with van der Waals surface area (Å²) in [6, 6.07) is 5.45. The van der Waals surface area contributed by atoms with Crippen LogP contribution in [0, 0.1) is 29.9 Å². The second-order valence-corrected chi connectivity index (χ2v) is 6.58. The fourth-order valence-electron chi connectivity index (χ4n) is 3.43. The molecule has 0 aromatic carbocycles. The fraction of sp³-hybridized carbons (Fsp3) is 0.471. The van der Waals surface area contributed by atoms with E-state index in [-0.39, 0.29) is 17.5 Å². The Balaban J connectivity index is 1.78. The van der Waals surface area contributed by atoms with E-state index in [0.29, 0.717) is 30.4 Å². The van der Waals surface area contributed by atoms with Gasteiger partial charge in [0.1, 0.15) is 11.5 Å². The molecular weight excluding hydrogens is 336 g/mol. The molecule has 9 nitrogen and oxygen atoms in total. The third-order valence-corrected chi connectivity index (χ3v) is 4.57. The molecule has 0 unspecified atom stereocenters. The number of piperidine rings is 1. The van der Waals surface area contributed by atoms with Crippen LogP contribution in [0.4, 0.5) is 17.3 Å². The molecule has 3 heterocycles. The van der Waals surface area contributed by atoms with E-state index in [2.05, 4.69) is 15.4 Å². The molecule has 1 amide bonds. The van der Waals surface area contributed by atoms with Crippen LogP contribution in [-0.4, -0.2) is 38.7 Å². The summed E-state index contributed by atoms with van der Waals surface area (Å²) in [5.74, 6) is 0.600. The number of carbonyl (C=O) groups excluding carboxylic acids is 1. The van der Waals surface area contributed by atoms with Crippen molar-refractivity contribution in [3.8, 4) is 0 Å².